The van der Waals surface area contributed by atoms with Gasteiger partial charge in [-0.2, -0.15) is 0 Å². The lowest BCUT2D eigenvalue weighted by atomic mass is 10.1. The summed E-state index contributed by atoms with van der Waals surface area (Å²) in [6.07, 6.45) is 2.91. The van der Waals surface area contributed by atoms with Crippen molar-refractivity contribution in [2.24, 2.45) is 5.92 Å². The van der Waals surface area contributed by atoms with Gasteiger partial charge in [0, 0.05) is 0 Å². The van der Waals surface area contributed by atoms with Crippen molar-refractivity contribution >= 4 is 15.8 Å². The SMILES string of the molecule is Cc1cc(C(=O)O)cc(S(=O)(=O)CCC2CC2)c1C. The van der Waals surface area contributed by atoms with E-state index in [2.05, 4.69) is 0 Å². The smallest absolute Gasteiger partial charge is 0.335 e. The number of aryl methyl sites for hydroxylation is 1. The van der Waals surface area contributed by atoms with E-state index in [-0.39, 0.29) is 16.2 Å². The molecule has 1 N–H and O–H groups in total. The minimum absolute atomic E-state index is 0.0353. The van der Waals surface area contributed by atoms with Crippen LogP contribution in [-0.4, -0.2) is 25.2 Å². The Morgan fingerprint density at radius 2 is 1.95 bits per heavy atom. The van der Waals surface area contributed by atoms with Crippen LogP contribution in [0.15, 0.2) is 17.0 Å². The second-order valence-corrected chi connectivity index (χ2v) is 7.35. The van der Waals surface area contributed by atoms with Crippen LogP contribution in [0.5, 0.6) is 0 Å². The minimum Gasteiger partial charge on any atom is -0.478 e. The van der Waals surface area contributed by atoms with Crippen molar-refractivity contribution in [3.8, 4) is 0 Å². The fraction of sp³-hybridized carbons (Fsp3) is 0.500. The van der Waals surface area contributed by atoms with E-state index < -0.39 is 15.8 Å². The number of rotatable bonds is 5. The molecule has 1 saturated carbocycles. The van der Waals surface area contributed by atoms with Gasteiger partial charge in [0.15, 0.2) is 9.84 Å². The summed E-state index contributed by atoms with van der Waals surface area (Å²) < 4.78 is 24.6. The second kappa shape index (κ2) is 4.96. The number of carboxylic acids is 1. The summed E-state index contributed by atoms with van der Waals surface area (Å²) in [7, 11) is -3.39. The van der Waals surface area contributed by atoms with E-state index in [9.17, 15) is 13.2 Å². The monoisotopic (exact) mass is 282 g/mol. The van der Waals surface area contributed by atoms with Gasteiger partial charge in [0.05, 0.1) is 16.2 Å². The maximum absolute atomic E-state index is 12.3. The maximum Gasteiger partial charge on any atom is 0.335 e. The van der Waals surface area contributed by atoms with Crippen LogP contribution < -0.4 is 0 Å². The van der Waals surface area contributed by atoms with Crippen LogP contribution in [0.3, 0.4) is 0 Å². The minimum atomic E-state index is -3.39. The summed E-state index contributed by atoms with van der Waals surface area (Å²) in [6, 6.07) is 2.80. The van der Waals surface area contributed by atoms with Gasteiger partial charge in [0.1, 0.15) is 0 Å². The first-order chi connectivity index (χ1) is 8.81. The zero-order valence-electron chi connectivity index (χ0n) is 11.1. The van der Waals surface area contributed by atoms with E-state index in [1.54, 1.807) is 13.8 Å². The first-order valence-electron chi connectivity index (χ1n) is 6.38. The first kappa shape index (κ1) is 14.1. The van der Waals surface area contributed by atoms with E-state index in [0.717, 1.165) is 12.8 Å². The largest absolute Gasteiger partial charge is 0.478 e. The molecule has 0 atom stereocenters. The van der Waals surface area contributed by atoms with Gasteiger partial charge in [-0.05, 0) is 49.4 Å². The van der Waals surface area contributed by atoms with Crippen molar-refractivity contribution in [3.05, 3.63) is 28.8 Å². The standard InChI is InChI=1S/C14H18O4S/c1-9-7-12(14(15)16)8-13(10(9)2)19(17,18)6-5-11-3-4-11/h7-8,11H,3-6H2,1-2H3,(H,15,16). The average molecular weight is 282 g/mol. The van der Waals surface area contributed by atoms with Crippen molar-refractivity contribution in [2.75, 3.05) is 5.75 Å². The predicted molar refractivity (Wildman–Crippen MR) is 72.3 cm³/mol. The molecule has 0 radical (unpaired) electrons. The van der Waals surface area contributed by atoms with E-state index >= 15 is 0 Å². The highest BCUT2D eigenvalue weighted by molar-refractivity contribution is 7.91. The van der Waals surface area contributed by atoms with Crippen LogP contribution in [0.4, 0.5) is 0 Å². The number of hydrogen-bond donors (Lipinski definition) is 1. The average Bonchev–Trinajstić information content (AvgIpc) is 3.13. The lowest BCUT2D eigenvalue weighted by Crippen LogP contribution is -2.12. The zero-order valence-corrected chi connectivity index (χ0v) is 12.0. The van der Waals surface area contributed by atoms with Crippen molar-refractivity contribution in [1.82, 2.24) is 0 Å². The summed E-state index contributed by atoms with van der Waals surface area (Å²) >= 11 is 0. The van der Waals surface area contributed by atoms with Gasteiger partial charge in [0.2, 0.25) is 0 Å². The van der Waals surface area contributed by atoms with Crippen LogP contribution in [0, 0.1) is 19.8 Å². The molecule has 5 heteroatoms. The van der Waals surface area contributed by atoms with E-state index in [0.29, 0.717) is 23.5 Å². The van der Waals surface area contributed by atoms with E-state index in [4.69, 9.17) is 5.11 Å². The first-order valence-corrected chi connectivity index (χ1v) is 8.04. The molecule has 1 aromatic carbocycles. The molecule has 0 amide bonds. The Balaban J connectivity index is 2.38. The summed E-state index contributed by atoms with van der Waals surface area (Å²) in [5.74, 6) is -0.443. The number of carboxylic acid groups (broad SMARTS) is 1. The van der Waals surface area contributed by atoms with Gasteiger partial charge in [-0.3, -0.25) is 0 Å². The van der Waals surface area contributed by atoms with E-state index in [1.165, 1.54) is 12.1 Å². The number of hydrogen-bond acceptors (Lipinski definition) is 3. The van der Waals surface area contributed by atoms with Crippen molar-refractivity contribution < 1.29 is 18.3 Å². The highest BCUT2D eigenvalue weighted by Gasteiger charge is 2.26. The molecule has 4 nitrogen and oxygen atoms in total. The molecule has 1 fully saturated rings. The van der Waals surface area contributed by atoms with Crippen molar-refractivity contribution in [2.45, 2.75) is 38.0 Å². The van der Waals surface area contributed by atoms with Gasteiger partial charge in [-0.1, -0.05) is 12.8 Å². The van der Waals surface area contributed by atoms with Gasteiger partial charge in [-0.25, -0.2) is 13.2 Å². The maximum atomic E-state index is 12.3. The highest BCUT2D eigenvalue weighted by Crippen LogP contribution is 2.34. The lowest BCUT2D eigenvalue weighted by Gasteiger charge is -2.11. The molecule has 104 valence electrons. The number of aromatic carboxylic acids is 1. The fourth-order valence-electron chi connectivity index (χ4n) is 2.11. The van der Waals surface area contributed by atoms with Crippen LogP contribution in [-0.2, 0) is 9.84 Å². The Labute approximate surface area is 113 Å². The van der Waals surface area contributed by atoms with Gasteiger partial charge >= 0.3 is 5.97 Å². The van der Waals surface area contributed by atoms with Gasteiger partial charge < -0.3 is 5.11 Å². The normalized spacial score (nSPS) is 15.5. The predicted octanol–water partition coefficient (Wildman–Crippen LogP) is 2.58. The van der Waals surface area contributed by atoms with Crippen LogP contribution >= 0.6 is 0 Å². The number of benzene rings is 1. The third-order valence-corrected chi connectivity index (χ3v) is 5.56. The number of carbonyl (C=O) groups is 1. The molecule has 1 aliphatic carbocycles. The van der Waals surface area contributed by atoms with Gasteiger partial charge in [0.25, 0.3) is 0 Å². The van der Waals surface area contributed by atoms with Crippen molar-refractivity contribution in [3.63, 3.8) is 0 Å². The van der Waals surface area contributed by atoms with Crippen LogP contribution in [0.2, 0.25) is 0 Å². The summed E-state index contributed by atoms with van der Waals surface area (Å²) in [4.78, 5) is 11.2. The third-order valence-electron chi connectivity index (χ3n) is 3.69. The Morgan fingerprint density at radius 1 is 1.32 bits per heavy atom. The summed E-state index contributed by atoms with van der Waals surface area (Å²) in [5.41, 5.74) is 1.39. The Morgan fingerprint density at radius 3 is 2.47 bits per heavy atom. The van der Waals surface area contributed by atoms with Crippen molar-refractivity contribution in [1.29, 1.82) is 0 Å². The molecule has 1 aromatic rings. The zero-order chi connectivity index (χ0) is 14.2. The molecule has 19 heavy (non-hydrogen) atoms. The summed E-state index contributed by atoms with van der Waals surface area (Å²) in [6.45, 7) is 3.46. The summed E-state index contributed by atoms with van der Waals surface area (Å²) in [5, 5.41) is 9.02. The van der Waals surface area contributed by atoms with E-state index in [1.807, 2.05) is 0 Å². The number of sulfone groups is 1. The molecule has 0 saturated heterocycles. The van der Waals surface area contributed by atoms with Crippen LogP contribution in [0.25, 0.3) is 0 Å². The second-order valence-electron chi connectivity index (χ2n) is 5.27. The quantitative estimate of drug-likeness (QED) is 0.901. The molecular formula is C14H18O4S. The van der Waals surface area contributed by atoms with Crippen LogP contribution in [0.1, 0.15) is 40.7 Å². The molecule has 1 aliphatic rings. The molecule has 0 spiro atoms. The molecule has 0 unspecified atom stereocenters. The molecular weight excluding hydrogens is 264 g/mol. The molecule has 0 aromatic heterocycles. The van der Waals surface area contributed by atoms with Gasteiger partial charge in [-0.15, -0.1) is 0 Å². The Bertz CT molecular complexity index is 613. The lowest BCUT2D eigenvalue weighted by molar-refractivity contribution is 0.0696. The Hall–Kier alpha value is -1.36. The molecule has 0 aliphatic heterocycles. The highest BCUT2D eigenvalue weighted by atomic mass is 32.2. The Kier molecular flexibility index (Phi) is 3.67. The fourth-order valence-corrected chi connectivity index (χ4v) is 3.91. The molecule has 2 rings (SSSR count). The molecule has 0 bridgehead atoms. The molecule has 0 heterocycles. The topological polar surface area (TPSA) is 71.4 Å². The third kappa shape index (κ3) is 3.15.